The largest absolute Gasteiger partial charge is 0.480 e. The van der Waals surface area contributed by atoms with Crippen LogP contribution in [0.25, 0.3) is 0 Å². The molecule has 0 aromatic carbocycles. The molecule has 2 N–H and O–H groups in total. The summed E-state index contributed by atoms with van der Waals surface area (Å²) in [5.74, 6) is 0.188. The molecule has 0 aromatic heterocycles. The third-order valence-corrected chi connectivity index (χ3v) is 6.31. The fraction of sp³-hybridized carbons (Fsp3) is 0.941. The van der Waals surface area contributed by atoms with E-state index in [2.05, 4.69) is 17.1 Å². The van der Waals surface area contributed by atoms with Crippen LogP contribution in [0.5, 0.6) is 0 Å². The number of carbonyl (C=O) groups is 1. The zero-order chi connectivity index (χ0) is 15.8. The number of hydrogen-bond acceptors (Lipinski definition) is 4. The first-order valence-corrected chi connectivity index (χ1v) is 8.72. The second-order valence-electron chi connectivity index (χ2n) is 7.81. The summed E-state index contributed by atoms with van der Waals surface area (Å²) in [5, 5.41) is 13.3. The van der Waals surface area contributed by atoms with Crippen molar-refractivity contribution in [1.29, 1.82) is 0 Å². The minimum Gasteiger partial charge on any atom is -0.480 e. The van der Waals surface area contributed by atoms with Crippen molar-refractivity contribution < 1.29 is 14.6 Å². The Hall–Kier alpha value is -0.650. The van der Waals surface area contributed by atoms with Gasteiger partial charge in [-0.15, -0.1) is 0 Å². The normalized spacial score (nSPS) is 33.2. The van der Waals surface area contributed by atoms with Crippen LogP contribution in [0.4, 0.5) is 0 Å². The third kappa shape index (κ3) is 2.91. The van der Waals surface area contributed by atoms with Crippen molar-refractivity contribution in [2.45, 2.75) is 57.0 Å². The zero-order valence-corrected chi connectivity index (χ0v) is 13.9. The van der Waals surface area contributed by atoms with Gasteiger partial charge in [0.15, 0.2) is 0 Å². The van der Waals surface area contributed by atoms with E-state index >= 15 is 0 Å². The molecule has 0 amide bonds. The van der Waals surface area contributed by atoms with Crippen LogP contribution in [-0.2, 0) is 9.53 Å². The van der Waals surface area contributed by atoms with Crippen LogP contribution >= 0.6 is 0 Å². The van der Waals surface area contributed by atoms with Gasteiger partial charge in [0.05, 0.1) is 6.61 Å². The molecule has 3 aliphatic rings. The molecule has 5 nitrogen and oxygen atoms in total. The first-order valence-electron chi connectivity index (χ1n) is 8.72. The number of carboxylic acids is 1. The summed E-state index contributed by atoms with van der Waals surface area (Å²) < 4.78 is 5.50. The molecule has 5 heteroatoms. The van der Waals surface area contributed by atoms with E-state index in [9.17, 15) is 9.90 Å². The maximum atomic E-state index is 11.7. The summed E-state index contributed by atoms with van der Waals surface area (Å²) >= 11 is 0. The fourth-order valence-electron chi connectivity index (χ4n) is 4.22. The Labute approximate surface area is 133 Å². The minimum absolute atomic E-state index is 0.178. The monoisotopic (exact) mass is 310 g/mol. The smallest absolute Gasteiger partial charge is 0.324 e. The van der Waals surface area contributed by atoms with Crippen molar-refractivity contribution in [3.8, 4) is 0 Å². The fourth-order valence-corrected chi connectivity index (χ4v) is 4.22. The average Bonchev–Trinajstić information content (AvgIpc) is 3.14. The quantitative estimate of drug-likeness (QED) is 0.750. The van der Waals surface area contributed by atoms with Crippen molar-refractivity contribution in [3.63, 3.8) is 0 Å². The lowest BCUT2D eigenvalue weighted by molar-refractivity contribution is -0.161. The number of methoxy groups -OCH3 is 1. The van der Waals surface area contributed by atoms with Gasteiger partial charge >= 0.3 is 5.97 Å². The molecule has 2 aliphatic carbocycles. The number of carboxylic acid groups (broad SMARTS) is 1. The highest BCUT2D eigenvalue weighted by Crippen LogP contribution is 2.43. The number of nitrogens with zero attached hydrogens (tertiary/aromatic N) is 1. The Balaban J connectivity index is 1.58. The Morgan fingerprint density at radius 3 is 2.36 bits per heavy atom. The van der Waals surface area contributed by atoms with Crippen LogP contribution in [0.15, 0.2) is 0 Å². The Bertz CT molecular complexity index is 414. The van der Waals surface area contributed by atoms with Crippen LogP contribution in [-0.4, -0.2) is 60.9 Å². The molecule has 1 heterocycles. The van der Waals surface area contributed by atoms with Crippen molar-refractivity contribution in [1.82, 2.24) is 10.2 Å². The molecule has 2 atom stereocenters. The highest BCUT2D eigenvalue weighted by Gasteiger charge is 2.51. The Morgan fingerprint density at radius 1 is 1.32 bits per heavy atom. The van der Waals surface area contributed by atoms with E-state index in [1.807, 2.05) is 0 Å². The SMILES string of the molecule is COCC1(CN[C@@H]2C[C@H]2C)CCN(C2(C(=O)O)CCC2)CC1. The predicted molar refractivity (Wildman–Crippen MR) is 84.9 cm³/mol. The second-order valence-corrected chi connectivity index (χ2v) is 7.81. The summed E-state index contributed by atoms with van der Waals surface area (Å²) in [6, 6.07) is 0.684. The molecule has 0 aromatic rings. The van der Waals surface area contributed by atoms with E-state index < -0.39 is 11.5 Å². The van der Waals surface area contributed by atoms with Crippen LogP contribution in [0.1, 0.15) is 45.4 Å². The van der Waals surface area contributed by atoms with Gasteiger partial charge < -0.3 is 15.2 Å². The number of nitrogens with one attached hydrogen (secondary N) is 1. The molecule has 0 unspecified atom stereocenters. The average molecular weight is 310 g/mol. The predicted octanol–water partition coefficient (Wildman–Crippen LogP) is 1.72. The van der Waals surface area contributed by atoms with Crippen LogP contribution in [0, 0.1) is 11.3 Å². The molecular formula is C17H30N2O3. The van der Waals surface area contributed by atoms with Crippen molar-refractivity contribution in [2.24, 2.45) is 11.3 Å². The number of ether oxygens (including phenoxy) is 1. The molecule has 0 spiro atoms. The van der Waals surface area contributed by atoms with Crippen LogP contribution < -0.4 is 5.32 Å². The van der Waals surface area contributed by atoms with Crippen LogP contribution in [0.3, 0.4) is 0 Å². The lowest BCUT2D eigenvalue weighted by atomic mass is 9.71. The number of aliphatic carboxylic acids is 1. The van der Waals surface area contributed by atoms with E-state index in [0.717, 1.165) is 64.3 Å². The molecule has 3 fully saturated rings. The van der Waals surface area contributed by atoms with Gasteiger partial charge in [-0.3, -0.25) is 9.69 Å². The lowest BCUT2D eigenvalue weighted by Crippen LogP contribution is -2.63. The molecule has 3 rings (SSSR count). The van der Waals surface area contributed by atoms with E-state index in [1.165, 1.54) is 6.42 Å². The van der Waals surface area contributed by atoms with Crippen molar-refractivity contribution >= 4 is 5.97 Å². The van der Waals surface area contributed by atoms with Crippen molar-refractivity contribution in [3.05, 3.63) is 0 Å². The van der Waals surface area contributed by atoms with E-state index in [-0.39, 0.29) is 5.41 Å². The van der Waals surface area contributed by atoms with Gasteiger partial charge in [0.25, 0.3) is 0 Å². The molecule has 2 saturated carbocycles. The van der Waals surface area contributed by atoms with Gasteiger partial charge in [-0.05, 0) is 57.5 Å². The van der Waals surface area contributed by atoms with E-state index in [1.54, 1.807) is 7.11 Å². The third-order valence-electron chi connectivity index (χ3n) is 6.31. The highest BCUT2D eigenvalue weighted by atomic mass is 16.5. The number of piperidine rings is 1. The number of likely N-dealkylation sites (tertiary alicyclic amines) is 1. The van der Waals surface area contributed by atoms with E-state index in [4.69, 9.17) is 4.74 Å². The molecular weight excluding hydrogens is 280 g/mol. The number of hydrogen-bond donors (Lipinski definition) is 2. The van der Waals surface area contributed by atoms with Gasteiger partial charge in [0.2, 0.25) is 0 Å². The summed E-state index contributed by atoms with van der Waals surface area (Å²) in [7, 11) is 1.78. The first-order chi connectivity index (χ1) is 10.5. The maximum absolute atomic E-state index is 11.7. The molecule has 1 aliphatic heterocycles. The van der Waals surface area contributed by atoms with Crippen LogP contribution in [0.2, 0.25) is 0 Å². The van der Waals surface area contributed by atoms with Gasteiger partial charge in [-0.1, -0.05) is 6.92 Å². The minimum atomic E-state index is -0.622. The lowest BCUT2D eigenvalue weighted by Gasteiger charge is -2.52. The molecule has 126 valence electrons. The van der Waals surface area contributed by atoms with Crippen molar-refractivity contribution in [2.75, 3.05) is 33.4 Å². The Kier molecular flexibility index (Phi) is 4.49. The highest BCUT2D eigenvalue weighted by molar-refractivity contribution is 5.80. The molecule has 1 saturated heterocycles. The zero-order valence-electron chi connectivity index (χ0n) is 13.9. The van der Waals surface area contributed by atoms with E-state index in [0.29, 0.717) is 6.04 Å². The summed E-state index contributed by atoms with van der Waals surface area (Å²) in [6.07, 6.45) is 6.04. The van der Waals surface area contributed by atoms with Gasteiger partial charge in [0.1, 0.15) is 5.54 Å². The molecule has 0 radical (unpaired) electrons. The van der Waals surface area contributed by atoms with Gasteiger partial charge in [-0.25, -0.2) is 0 Å². The van der Waals surface area contributed by atoms with Gasteiger partial charge in [0, 0.05) is 25.1 Å². The topological polar surface area (TPSA) is 61.8 Å². The summed E-state index contributed by atoms with van der Waals surface area (Å²) in [5.41, 5.74) is -0.380. The first kappa shape index (κ1) is 16.2. The maximum Gasteiger partial charge on any atom is 0.324 e. The van der Waals surface area contributed by atoms with Gasteiger partial charge in [-0.2, -0.15) is 0 Å². The summed E-state index contributed by atoms with van der Waals surface area (Å²) in [6.45, 7) is 5.84. The number of rotatable bonds is 7. The summed E-state index contributed by atoms with van der Waals surface area (Å²) in [4.78, 5) is 13.9. The second kappa shape index (κ2) is 6.10. The standard InChI is InChI=1S/C17H30N2O3/c1-13-10-14(13)18-11-16(12-22-2)6-8-19(9-7-16)17(15(20)21)4-3-5-17/h13-14,18H,3-12H2,1-2H3,(H,20,21)/t13-,14-/m1/s1. The Morgan fingerprint density at radius 2 is 1.95 bits per heavy atom. The molecule has 0 bridgehead atoms. The molecule has 22 heavy (non-hydrogen) atoms.